The van der Waals surface area contributed by atoms with E-state index in [9.17, 15) is 0 Å². The summed E-state index contributed by atoms with van der Waals surface area (Å²) in [7, 11) is 1.78. The van der Waals surface area contributed by atoms with Crippen LogP contribution in [0.2, 0.25) is 0 Å². The van der Waals surface area contributed by atoms with E-state index in [0.717, 1.165) is 56.4 Å². The maximum absolute atomic E-state index is 5.41. The predicted molar refractivity (Wildman–Crippen MR) is 77.8 cm³/mol. The molecule has 5 heteroatoms. The van der Waals surface area contributed by atoms with Gasteiger partial charge in [-0.05, 0) is 12.8 Å². The van der Waals surface area contributed by atoms with Gasteiger partial charge in [-0.2, -0.15) is 0 Å². The average Bonchev–Trinajstić information content (AvgIpc) is 2.93. The van der Waals surface area contributed by atoms with Gasteiger partial charge in [-0.1, -0.05) is 13.8 Å². The Morgan fingerprint density at radius 1 is 1.42 bits per heavy atom. The maximum Gasteiger partial charge on any atom is 0.134 e. The number of nitrogens with zero attached hydrogens (tertiary/aromatic N) is 3. The molecule has 1 aliphatic rings. The largest absolute Gasteiger partial charge is 0.380 e. The summed E-state index contributed by atoms with van der Waals surface area (Å²) in [4.78, 5) is 11.4. The minimum Gasteiger partial charge on any atom is -0.380 e. The molecule has 2 heterocycles. The molecule has 0 aliphatic carbocycles. The molecule has 0 radical (unpaired) electrons. The van der Waals surface area contributed by atoms with E-state index in [1.165, 1.54) is 0 Å². The number of aryl methyl sites for hydroxylation is 1. The summed E-state index contributed by atoms with van der Waals surface area (Å²) >= 11 is 0. The van der Waals surface area contributed by atoms with Crippen LogP contribution >= 0.6 is 0 Å². The summed E-state index contributed by atoms with van der Waals surface area (Å²) in [5, 5.41) is 3.35. The quantitative estimate of drug-likeness (QED) is 0.852. The topological polar surface area (TPSA) is 50.3 Å². The Labute approximate surface area is 115 Å². The second-order valence-corrected chi connectivity index (χ2v) is 4.90. The highest BCUT2D eigenvalue weighted by molar-refractivity contribution is 5.50. The fourth-order valence-electron chi connectivity index (χ4n) is 2.28. The molecule has 0 amide bonds. The van der Waals surface area contributed by atoms with E-state index in [0.29, 0.717) is 6.10 Å². The van der Waals surface area contributed by atoms with Gasteiger partial charge in [0.15, 0.2) is 0 Å². The molecule has 106 valence electrons. The third kappa shape index (κ3) is 3.56. The Morgan fingerprint density at radius 3 is 2.89 bits per heavy atom. The van der Waals surface area contributed by atoms with Crippen LogP contribution < -0.4 is 10.2 Å². The number of nitrogens with one attached hydrogen (secondary N) is 1. The lowest BCUT2D eigenvalue weighted by Gasteiger charge is -2.19. The van der Waals surface area contributed by atoms with Gasteiger partial charge in [-0.3, -0.25) is 0 Å². The number of anilines is 2. The van der Waals surface area contributed by atoms with Crippen molar-refractivity contribution in [2.45, 2.75) is 39.2 Å². The Morgan fingerprint density at radius 2 is 2.26 bits per heavy atom. The zero-order chi connectivity index (χ0) is 13.7. The Kier molecular flexibility index (Phi) is 4.96. The van der Waals surface area contributed by atoms with Gasteiger partial charge >= 0.3 is 0 Å². The van der Waals surface area contributed by atoms with E-state index in [4.69, 9.17) is 4.74 Å². The SMILES string of the molecule is CCCNc1cc(N2CCC(OC)C2)nc(CC)n1. The Bertz CT molecular complexity index is 410. The van der Waals surface area contributed by atoms with Crippen molar-refractivity contribution < 1.29 is 4.74 Å². The number of rotatable bonds is 6. The lowest BCUT2D eigenvalue weighted by molar-refractivity contribution is 0.121. The second-order valence-electron chi connectivity index (χ2n) is 4.90. The average molecular weight is 264 g/mol. The van der Waals surface area contributed by atoms with E-state index in [2.05, 4.69) is 34.0 Å². The molecular formula is C14H24N4O. The van der Waals surface area contributed by atoms with E-state index in [1.54, 1.807) is 7.11 Å². The number of hydrogen-bond acceptors (Lipinski definition) is 5. The number of ether oxygens (including phenoxy) is 1. The fraction of sp³-hybridized carbons (Fsp3) is 0.714. The molecule has 1 fully saturated rings. The van der Waals surface area contributed by atoms with E-state index >= 15 is 0 Å². The van der Waals surface area contributed by atoms with Gasteiger partial charge in [-0.25, -0.2) is 9.97 Å². The summed E-state index contributed by atoms with van der Waals surface area (Å²) < 4.78 is 5.41. The summed E-state index contributed by atoms with van der Waals surface area (Å²) in [6, 6.07) is 2.05. The van der Waals surface area contributed by atoms with E-state index in [-0.39, 0.29) is 0 Å². The molecule has 0 bridgehead atoms. The van der Waals surface area contributed by atoms with Crippen molar-refractivity contribution in [3.05, 3.63) is 11.9 Å². The lowest BCUT2D eigenvalue weighted by atomic mass is 10.3. The molecule has 0 aromatic carbocycles. The monoisotopic (exact) mass is 264 g/mol. The van der Waals surface area contributed by atoms with Gasteiger partial charge in [0.2, 0.25) is 0 Å². The van der Waals surface area contributed by atoms with Crippen LogP contribution in [-0.4, -0.2) is 42.8 Å². The molecule has 0 spiro atoms. The second kappa shape index (κ2) is 6.70. The molecular weight excluding hydrogens is 240 g/mol. The van der Waals surface area contributed by atoms with Crippen LogP contribution in [0, 0.1) is 0 Å². The molecule has 1 aromatic heterocycles. The zero-order valence-corrected chi connectivity index (χ0v) is 12.1. The van der Waals surface area contributed by atoms with Crippen LogP contribution in [-0.2, 0) is 11.2 Å². The van der Waals surface area contributed by atoms with Gasteiger partial charge in [0, 0.05) is 39.2 Å². The van der Waals surface area contributed by atoms with Crippen LogP contribution in [0.15, 0.2) is 6.07 Å². The predicted octanol–water partition coefficient (Wildman–Crippen LogP) is 2.09. The highest BCUT2D eigenvalue weighted by Gasteiger charge is 2.23. The molecule has 1 aromatic rings. The van der Waals surface area contributed by atoms with Crippen molar-refractivity contribution in [2.24, 2.45) is 0 Å². The molecule has 1 unspecified atom stereocenters. The van der Waals surface area contributed by atoms with Crippen molar-refractivity contribution >= 4 is 11.6 Å². The van der Waals surface area contributed by atoms with E-state index < -0.39 is 0 Å². The van der Waals surface area contributed by atoms with Crippen LogP contribution in [0.4, 0.5) is 11.6 Å². The molecule has 2 rings (SSSR count). The van der Waals surface area contributed by atoms with Crippen molar-refractivity contribution in [1.29, 1.82) is 0 Å². The first-order valence-electron chi connectivity index (χ1n) is 7.16. The van der Waals surface area contributed by atoms with Crippen molar-refractivity contribution in [2.75, 3.05) is 37.0 Å². The molecule has 1 saturated heterocycles. The number of hydrogen-bond donors (Lipinski definition) is 1. The fourth-order valence-corrected chi connectivity index (χ4v) is 2.28. The standard InChI is InChI=1S/C14H24N4O/c1-4-7-15-13-9-14(17-12(5-2)16-13)18-8-6-11(10-18)19-3/h9,11H,4-8,10H2,1-3H3,(H,15,16,17). The van der Waals surface area contributed by atoms with Crippen molar-refractivity contribution in [1.82, 2.24) is 9.97 Å². The third-order valence-corrected chi connectivity index (χ3v) is 3.43. The third-order valence-electron chi connectivity index (χ3n) is 3.43. The van der Waals surface area contributed by atoms with Gasteiger partial charge in [0.05, 0.1) is 6.10 Å². The van der Waals surface area contributed by atoms with Crippen LogP contribution in [0.5, 0.6) is 0 Å². The molecule has 5 nitrogen and oxygen atoms in total. The molecule has 1 atom stereocenters. The molecule has 1 aliphatic heterocycles. The first-order valence-corrected chi connectivity index (χ1v) is 7.16. The van der Waals surface area contributed by atoms with Crippen LogP contribution in [0.1, 0.15) is 32.5 Å². The maximum atomic E-state index is 5.41. The lowest BCUT2D eigenvalue weighted by Crippen LogP contribution is -2.24. The minimum absolute atomic E-state index is 0.326. The molecule has 19 heavy (non-hydrogen) atoms. The smallest absolute Gasteiger partial charge is 0.134 e. The number of aromatic nitrogens is 2. The highest BCUT2D eigenvalue weighted by atomic mass is 16.5. The number of methoxy groups -OCH3 is 1. The van der Waals surface area contributed by atoms with Gasteiger partial charge < -0.3 is 15.0 Å². The summed E-state index contributed by atoms with van der Waals surface area (Å²) in [6.07, 6.45) is 3.35. The van der Waals surface area contributed by atoms with Crippen molar-refractivity contribution in [3.8, 4) is 0 Å². The van der Waals surface area contributed by atoms with Gasteiger partial charge in [0.1, 0.15) is 17.5 Å². The summed E-state index contributed by atoms with van der Waals surface area (Å²) in [6.45, 7) is 7.11. The first kappa shape index (κ1) is 14.1. The van der Waals surface area contributed by atoms with E-state index in [1.807, 2.05) is 6.07 Å². The van der Waals surface area contributed by atoms with Crippen LogP contribution in [0.3, 0.4) is 0 Å². The Balaban J connectivity index is 2.14. The first-order chi connectivity index (χ1) is 9.26. The van der Waals surface area contributed by atoms with Crippen molar-refractivity contribution in [3.63, 3.8) is 0 Å². The summed E-state index contributed by atoms with van der Waals surface area (Å²) in [5.41, 5.74) is 0. The Hall–Kier alpha value is -1.36. The van der Waals surface area contributed by atoms with Gasteiger partial charge in [-0.15, -0.1) is 0 Å². The molecule has 0 saturated carbocycles. The zero-order valence-electron chi connectivity index (χ0n) is 12.1. The minimum atomic E-state index is 0.326. The highest BCUT2D eigenvalue weighted by Crippen LogP contribution is 2.22. The van der Waals surface area contributed by atoms with Gasteiger partial charge in [0.25, 0.3) is 0 Å². The molecule has 1 N–H and O–H groups in total. The normalized spacial score (nSPS) is 18.9. The van der Waals surface area contributed by atoms with Crippen LogP contribution in [0.25, 0.3) is 0 Å². The summed E-state index contributed by atoms with van der Waals surface area (Å²) in [5.74, 6) is 2.85.